The molecule has 0 fully saturated rings. The number of aromatic nitrogens is 1. The van der Waals surface area contributed by atoms with Gasteiger partial charge in [-0.2, -0.15) is 0 Å². The minimum Gasteiger partial charge on any atom is -0.437 e. The molecule has 0 aliphatic heterocycles. The Morgan fingerprint density at radius 2 is 2.20 bits per heavy atom. The maximum Gasteiger partial charge on any atom is 0.230 e. The molecule has 3 rings (SSSR count). The largest absolute Gasteiger partial charge is 0.437 e. The summed E-state index contributed by atoms with van der Waals surface area (Å²) < 4.78 is 5.48. The Kier molecular flexibility index (Phi) is 1.59. The number of hydrogen-bond donors (Lipinski definition) is 0. The standard InChI is InChI=1S/C12H6NO2/c14-11-8-4-1-2-6-10(8)15-12-9(11)5-3-7-13-12/h1-3,5-7H. The summed E-state index contributed by atoms with van der Waals surface area (Å²) in [6, 6.07) is 11.5. The predicted molar refractivity (Wildman–Crippen MR) is 56.6 cm³/mol. The molecule has 0 amide bonds. The topological polar surface area (TPSA) is 43.1 Å². The second-order valence-electron chi connectivity index (χ2n) is 3.20. The molecule has 71 valence electrons. The molecule has 0 saturated carbocycles. The van der Waals surface area contributed by atoms with E-state index in [9.17, 15) is 4.79 Å². The molecule has 0 aliphatic rings. The molecule has 15 heavy (non-hydrogen) atoms. The lowest BCUT2D eigenvalue weighted by atomic mass is 10.2. The first-order chi connectivity index (χ1) is 7.36. The lowest BCUT2D eigenvalue weighted by Crippen LogP contribution is -2.02. The average molecular weight is 196 g/mol. The first-order valence-electron chi connectivity index (χ1n) is 4.54. The molecular weight excluding hydrogens is 190 g/mol. The first-order valence-corrected chi connectivity index (χ1v) is 4.54. The molecule has 2 heterocycles. The summed E-state index contributed by atoms with van der Waals surface area (Å²) in [5.74, 6) is 0. The van der Waals surface area contributed by atoms with Crippen molar-refractivity contribution in [3.05, 3.63) is 52.8 Å². The van der Waals surface area contributed by atoms with Gasteiger partial charge in [0.05, 0.1) is 10.8 Å². The van der Waals surface area contributed by atoms with Gasteiger partial charge >= 0.3 is 0 Å². The zero-order valence-corrected chi connectivity index (χ0v) is 7.73. The summed E-state index contributed by atoms with van der Waals surface area (Å²) in [6.07, 6.45) is 1.60. The van der Waals surface area contributed by atoms with Crippen LogP contribution in [0.3, 0.4) is 0 Å². The molecule has 0 bridgehead atoms. The number of hydrogen-bond acceptors (Lipinski definition) is 3. The highest BCUT2D eigenvalue weighted by atomic mass is 16.3. The van der Waals surface area contributed by atoms with Gasteiger partial charge in [0.1, 0.15) is 5.58 Å². The predicted octanol–water partition coefficient (Wildman–Crippen LogP) is 2.14. The number of rotatable bonds is 0. The van der Waals surface area contributed by atoms with Crippen molar-refractivity contribution in [2.24, 2.45) is 0 Å². The van der Waals surface area contributed by atoms with Gasteiger partial charge in [-0.3, -0.25) is 4.79 Å². The van der Waals surface area contributed by atoms with E-state index in [1.54, 1.807) is 36.5 Å². The summed E-state index contributed by atoms with van der Waals surface area (Å²) in [7, 11) is 0. The van der Waals surface area contributed by atoms with E-state index in [2.05, 4.69) is 11.1 Å². The normalized spacial score (nSPS) is 10.9. The maximum atomic E-state index is 12.0. The van der Waals surface area contributed by atoms with Crippen molar-refractivity contribution in [3.8, 4) is 0 Å². The molecule has 0 N–H and O–H groups in total. The van der Waals surface area contributed by atoms with Gasteiger partial charge in [-0.25, -0.2) is 4.98 Å². The monoisotopic (exact) mass is 196 g/mol. The average Bonchev–Trinajstić information content (AvgIpc) is 2.30. The molecule has 3 aromatic rings. The van der Waals surface area contributed by atoms with Crippen LogP contribution < -0.4 is 5.43 Å². The lowest BCUT2D eigenvalue weighted by molar-refractivity contribution is 0.645. The van der Waals surface area contributed by atoms with Crippen LogP contribution in [-0.4, -0.2) is 4.98 Å². The van der Waals surface area contributed by atoms with Crippen LogP contribution in [0.5, 0.6) is 0 Å². The minimum absolute atomic E-state index is 0.0834. The van der Waals surface area contributed by atoms with Gasteiger partial charge < -0.3 is 4.42 Å². The van der Waals surface area contributed by atoms with Gasteiger partial charge in [0, 0.05) is 6.20 Å². The summed E-state index contributed by atoms with van der Waals surface area (Å²) in [6.45, 7) is 0. The number of fused-ring (bicyclic) bond motifs is 2. The second kappa shape index (κ2) is 2.92. The SMILES string of the molecule is O=c1c2[c]cccc2oc2ncccc12. The highest BCUT2D eigenvalue weighted by Crippen LogP contribution is 2.15. The molecule has 0 aliphatic carbocycles. The van der Waals surface area contributed by atoms with Crippen molar-refractivity contribution in [2.45, 2.75) is 0 Å². The number of benzene rings is 1. The van der Waals surface area contributed by atoms with Gasteiger partial charge in [0.2, 0.25) is 11.1 Å². The Morgan fingerprint density at radius 3 is 3.13 bits per heavy atom. The smallest absolute Gasteiger partial charge is 0.230 e. The van der Waals surface area contributed by atoms with E-state index in [0.29, 0.717) is 22.1 Å². The van der Waals surface area contributed by atoms with E-state index in [-0.39, 0.29) is 5.43 Å². The van der Waals surface area contributed by atoms with Crippen LogP contribution >= 0.6 is 0 Å². The van der Waals surface area contributed by atoms with Crippen LogP contribution in [-0.2, 0) is 0 Å². The fourth-order valence-electron chi connectivity index (χ4n) is 1.57. The molecule has 3 nitrogen and oxygen atoms in total. The Balaban J connectivity index is 2.66. The van der Waals surface area contributed by atoms with Crippen LogP contribution in [0, 0.1) is 6.07 Å². The van der Waals surface area contributed by atoms with Gasteiger partial charge in [0.25, 0.3) is 0 Å². The minimum atomic E-state index is -0.0834. The summed E-state index contributed by atoms with van der Waals surface area (Å²) in [5, 5.41) is 0.963. The molecule has 2 aromatic heterocycles. The van der Waals surface area contributed by atoms with Crippen molar-refractivity contribution >= 4 is 22.1 Å². The Morgan fingerprint density at radius 1 is 1.27 bits per heavy atom. The molecule has 0 unspecified atom stereocenters. The second-order valence-corrected chi connectivity index (χ2v) is 3.20. The Bertz CT molecular complexity index is 643. The lowest BCUT2D eigenvalue weighted by Gasteiger charge is -1.98. The van der Waals surface area contributed by atoms with Crippen LogP contribution in [0.15, 0.2) is 45.7 Å². The third-order valence-electron chi connectivity index (χ3n) is 2.27. The van der Waals surface area contributed by atoms with E-state index in [0.717, 1.165) is 0 Å². The van der Waals surface area contributed by atoms with Gasteiger partial charge in [-0.1, -0.05) is 12.1 Å². The van der Waals surface area contributed by atoms with Gasteiger partial charge in [0.15, 0.2) is 0 Å². The quantitative estimate of drug-likeness (QED) is 0.517. The van der Waals surface area contributed by atoms with Crippen molar-refractivity contribution in [3.63, 3.8) is 0 Å². The molecule has 1 aromatic carbocycles. The molecule has 0 atom stereocenters. The number of pyridine rings is 1. The third-order valence-corrected chi connectivity index (χ3v) is 2.27. The van der Waals surface area contributed by atoms with Crippen LogP contribution in [0.4, 0.5) is 0 Å². The molecule has 3 heteroatoms. The zero-order chi connectivity index (χ0) is 10.3. The van der Waals surface area contributed by atoms with E-state index in [4.69, 9.17) is 4.42 Å². The van der Waals surface area contributed by atoms with Crippen molar-refractivity contribution in [1.82, 2.24) is 4.98 Å². The molecule has 1 radical (unpaired) electrons. The highest BCUT2D eigenvalue weighted by molar-refractivity contribution is 5.87. The summed E-state index contributed by atoms with van der Waals surface area (Å²) in [5.41, 5.74) is 0.809. The fraction of sp³-hybridized carbons (Fsp3) is 0. The molecule has 0 saturated heterocycles. The van der Waals surface area contributed by atoms with Crippen LogP contribution in [0.2, 0.25) is 0 Å². The van der Waals surface area contributed by atoms with E-state index >= 15 is 0 Å². The van der Waals surface area contributed by atoms with E-state index < -0.39 is 0 Å². The highest BCUT2D eigenvalue weighted by Gasteiger charge is 2.06. The Labute approximate surface area is 85.0 Å². The summed E-state index contributed by atoms with van der Waals surface area (Å²) >= 11 is 0. The van der Waals surface area contributed by atoms with Crippen LogP contribution in [0.1, 0.15) is 0 Å². The van der Waals surface area contributed by atoms with Crippen molar-refractivity contribution < 1.29 is 4.42 Å². The van der Waals surface area contributed by atoms with Gasteiger partial charge in [-0.05, 0) is 24.3 Å². The van der Waals surface area contributed by atoms with Crippen molar-refractivity contribution in [1.29, 1.82) is 0 Å². The van der Waals surface area contributed by atoms with Crippen molar-refractivity contribution in [2.75, 3.05) is 0 Å². The molecular formula is C12H6NO2. The fourth-order valence-corrected chi connectivity index (χ4v) is 1.57. The first kappa shape index (κ1) is 8.17. The zero-order valence-electron chi connectivity index (χ0n) is 7.73. The van der Waals surface area contributed by atoms with Crippen LogP contribution in [0.25, 0.3) is 22.1 Å². The summed E-state index contributed by atoms with van der Waals surface area (Å²) in [4.78, 5) is 16.0. The number of nitrogens with zero attached hydrogens (tertiary/aromatic N) is 1. The van der Waals surface area contributed by atoms with E-state index in [1.165, 1.54) is 0 Å². The van der Waals surface area contributed by atoms with E-state index in [1.807, 2.05) is 0 Å². The Hall–Kier alpha value is -2.16. The molecule has 0 spiro atoms. The third kappa shape index (κ3) is 1.13. The van der Waals surface area contributed by atoms with Gasteiger partial charge in [-0.15, -0.1) is 0 Å². The maximum absolute atomic E-state index is 12.0.